The number of pyridine rings is 1. The molecular weight excluding hydrogens is 582 g/mol. The molecule has 1 fully saturated rings. The zero-order valence-electron chi connectivity index (χ0n) is 26.1. The van der Waals surface area contributed by atoms with Crippen LogP contribution in [-0.4, -0.2) is 72.1 Å². The Balaban J connectivity index is 1.42. The van der Waals surface area contributed by atoms with Crippen LogP contribution in [0.1, 0.15) is 55.6 Å². The minimum Gasteiger partial charge on any atom is -0.461 e. The van der Waals surface area contributed by atoms with Crippen LogP contribution < -0.4 is 0 Å². The molecule has 4 aromatic rings. The molecule has 1 aliphatic rings. The highest BCUT2D eigenvalue weighted by Crippen LogP contribution is 2.20. The van der Waals surface area contributed by atoms with Crippen molar-refractivity contribution in [1.82, 2.24) is 14.8 Å². The van der Waals surface area contributed by atoms with Gasteiger partial charge in [-0.25, -0.2) is 14.6 Å². The number of esters is 1. The molecule has 2 heterocycles. The van der Waals surface area contributed by atoms with Crippen molar-refractivity contribution >= 4 is 17.8 Å². The molecule has 1 saturated heterocycles. The van der Waals surface area contributed by atoms with Crippen LogP contribution in [-0.2, 0) is 40.3 Å². The molecule has 238 valence electrons. The number of carbonyl (C=O) groups excluding carboxylic acids is 3. The Hall–Kier alpha value is -4.86. The zero-order chi connectivity index (χ0) is 32.1. The van der Waals surface area contributed by atoms with Gasteiger partial charge in [0.1, 0.15) is 6.61 Å². The van der Waals surface area contributed by atoms with Gasteiger partial charge in [-0.05, 0) is 53.8 Å². The summed E-state index contributed by atoms with van der Waals surface area (Å²) in [5.41, 5.74) is 5.04. The van der Waals surface area contributed by atoms with Crippen molar-refractivity contribution < 1.29 is 28.6 Å². The summed E-state index contributed by atoms with van der Waals surface area (Å²) >= 11 is 0. The minimum atomic E-state index is -0.676. The van der Waals surface area contributed by atoms with Crippen LogP contribution in [0.3, 0.4) is 0 Å². The van der Waals surface area contributed by atoms with Crippen molar-refractivity contribution in [1.29, 1.82) is 0 Å². The number of hydrogen-bond donors (Lipinski definition) is 0. The first kappa shape index (κ1) is 32.5. The highest BCUT2D eigenvalue weighted by molar-refractivity contribution is 5.99. The number of morpholine rings is 1. The molecule has 0 bridgehead atoms. The summed E-state index contributed by atoms with van der Waals surface area (Å²) in [6.07, 6.45) is 1.48. The van der Waals surface area contributed by atoms with Gasteiger partial charge in [0, 0.05) is 37.0 Å². The van der Waals surface area contributed by atoms with Crippen molar-refractivity contribution in [3.8, 4) is 0 Å². The molecule has 1 aliphatic heterocycles. The van der Waals surface area contributed by atoms with Gasteiger partial charge >= 0.3 is 12.1 Å². The Morgan fingerprint density at radius 2 is 1.52 bits per heavy atom. The lowest BCUT2D eigenvalue weighted by Crippen LogP contribution is -2.36. The van der Waals surface area contributed by atoms with E-state index in [9.17, 15) is 14.4 Å². The van der Waals surface area contributed by atoms with E-state index < -0.39 is 12.1 Å². The van der Waals surface area contributed by atoms with E-state index >= 15 is 0 Å². The highest BCUT2D eigenvalue weighted by atomic mass is 16.6. The molecule has 0 saturated carbocycles. The number of ketones is 1. The Labute approximate surface area is 269 Å². The number of rotatable bonds is 13. The van der Waals surface area contributed by atoms with Crippen LogP contribution in [0, 0.1) is 0 Å². The van der Waals surface area contributed by atoms with Gasteiger partial charge in [0.05, 0.1) is 32.9 Å². The topological polar surface area (TPSA) is 98.3 Å². The van der Waals surface area contributed by atoms with E-state index in [1.165, 1.54) is 11.1 Å². The zero-order valence-corrected chi connectivity index (χ0v) is 26.1. The molecule has 9 heteroatoms. The fourth-order valence-corrected chi connectivity index (χ4v) is 5.38. The predicted molar refractivity (Wildman–Crippen MR) is 173 cm³/mol. The lowest BCUT2D eigenvalue weighted by molar-refractivity contribution is 0.0341. The third kappa shape index (κ3) is 9.32. The van der Waals surface area contributed by atoms with Crippen LogP contribution in [0.2, 0.25) is 0 Å². The maximum Gasteiger partial charge on any atom is 0.410 e. The predicted octanol–water partition coefficient (Wildman–Crippen LogP) is 5.70. The summed E-state index contributed by atoms with van der Waals surface area (Å²) in [5.74, 6) is -0.834. The average molecular weight is 622 g/mol. The molecule has 0 aliphatic carbocycles. The van der Waals surface area contributed by atoms with Crippen molar-refractivity contribution in [2.45, 2.75) is 33.0 Å². The largest absolute Gasteiger partial charge is 0.461 e. The second-order valence-electron chi connectivity index (χ2n) is 11.1. The SMILES string of the molecule is CCOC(=O)c1ncccc1CN(CC(=O)c1cc(Cc2ccccc2)cc(CN2CCOCC2)c1)C(=O)OCc1ccccc1. The summed E-state index contributed by atoms with van der Waals surface area (Å²) < 4.78 is 16.4. The molecule has 3 aromatic carbocycles. The third-order valence-corrected chi connectivity index (χ3v) is 7.65. The van der Waals surface area contributed by atoms with Crippen LogP contribution in [0.15, 0.2) is 97.2 Å². The number of benzene rings is 3. The number of carbonyl (C=O) groups is 3. The van der Waals surface area contributed by atoms with Crippen molar-refractivity contribution in [3.05, 3.63) is 136 Å². The smallest absolute Gasteiger partial charge is 0.410 e. The van der Waals surface area contributed by atoms with E-state index in [1.54, 1.807) is 19.1 Å². The fraction of sp³-hybridized carbons (Fsp3) is 0.297. The quantitative estimate of drug-likeness (QED) is 0.139. The fourth-order valence-electron chi connectivity index (χ4n) is 5.38. The normalized spacial score (nSPS) is 13.2. The van der Waals surface area contributed by atoms with Gasteiger partial charge in [-0.3, -0.25) is 14.6 Å². The van der Waals surface area contributed by atoms with E-state index in [2.05, 4.69) is 28.1 Å². The van der Waals surface area contributed by atoms with E-state index in [1.807, 2.05) is 60.7 Å². The molecule has 46 heavy (non-hydrogen) atoms. The van der Waals surface area contributed by atoms with Crippen molar-refractivity contribution in [2.75, 3.05) is 39.5 Å². The van der Waals surface area contributed by atoms with Crippen molar-refractivity contribution in [3.63, 3.8) is 0 Å². The minimum absolute atomic E-state index is 0.0401. The first-order valence-corrected chi connectivity index (χ1v) is 15.5. The first-order chi connectivity index (χ1) is 22.5. The number of Topliss-reactive ketones (excluding diaryl/α,β-unsaturated/α-hetero) is 1. The Morgan fingerprint density at radius 3 is 2.24 bits per heavy atom. The number of hydrogen-bond acceptors (Lipinski definition) is 8. The second kappa shape index (κ2) is 16.5. The Bertz CT molecular complexity index is 1610. The Kier molecular flexibility index (Phi) is 11.6. The van der Waals surface area contributed by atoms with E-state index in [0.29, 0.717) is 37.3 Å². The first-order valence-electron chi connectivity index (χ1n) is 15.5. The molecule has 1 amide bonds. The highest BCUT2D eigenvalue weighted by Gasteiger charge is 2.24. The van der Waals surface area contributed by atoms with Gasteiger partial charge in [-0.1, -0.05) is 72.8 Å². The maximum absolute atomic E-state index is 14.0. The standard InChI is InChI=1S/C37H39N3O6/c1-2-45-36(42)35-32(14-9-15-38-35)25-40(37(43)46-27-29-12-7-4-8-13-29)26-34(41)33-22-30(20-28-10-5-3-6-11-28)21-31(23-33)24-39-16-18-44-19-17-39/h3-15,21-23H,2,16-20,24-27H2,1H3. The molecule has 0 radical (unpaired) electrons. The molecule has 9 nitrogen and oxygen atoms in total. The molecule has 0 spiro atoms. The third-order valence-electron chi connectivity index (χ3n) is 7.65. The molecule has 1 aromatic heterocycles. The Morgan fingerprint density at radius 1 is 0.826 bits per heavy atom. The van der Waals surface area contributed by atoms with Crippen LogP contribution >= 0.6 is 0 Å². The summed E-state index contributed by atoms with van der Waals surface area (Å²) in [7, 11) is 0. The average Bonchev–Trinajstić information content (AvgIpc) is 3.08. The number of ether oxygens (including phenoxy) is 3. The summed E-state index contributed by atoms with van der Waals surface area (Å²) in [5, 5.41) is 0. The summed E-state index contributed by atoms with van der Waals surface area (Å²) in [6, 6.07) is 28.8. The summed E-state index contributed by atoms with van der Waals surface area (Å²) in [4.78, 5) is 48.0. The van der Waals surface area contributed by atoms with Gasteiger partial charge in [-0.15, -0.1) is 0 Å². The lowest BCUT2D eigenvalue weighted by atomic mass is 9.97. The number of nitrogens with zero attached hydrogens (tertiary/aromatic N) is 3. The van der Waals surface area contributed by atoms with Gasteiger partial charge in [0.15, 0.2) is 11.5 Å². The maximum atomic E-state index is 14.0. The van der Waals surface area contributed by atoms with Crippen molar-refractivity contribution in [2.24, 2.45) is 0 Å². The summed E-state index contributed by atoms with van der Waals surface area (Å²) in [6.45, 7) is 5.31. The van der Waals surface area contributed by atoms with E-state index in [-0.39, 0.29) is 37.8 Å². The monoisotopic (exact) mass is 621 g/mol. The van der Waals surface area contributed by atoms with E-state index in [0.717, 1.165) is 35.3 Å². The molecule has 5 rings (SSSR count). The lowest BCUT2D eigenvalue weighted by Gasteiger charge is -2.27. The van der Waals surface area contributed by atoms with Crippen LogP contribution in [0.4, 0.5) is 4.79 Å². The van der Waals surface area contributed by atoms with Gasteiger partial charge in [-0.2, -0.15) is 0 Å². The second-order valence-corrected chi connectivity index (χ2v) is 11.1. The molecule has 0 atom stereocenters. The number of amides is 1. The van der Waals surface area contributed by atoms with Gasteiger partial charge in [0.25, 0.3) is 0 Å². The van der Waals surface area contributed by atoms with Crippen LogP contribution in [0.25, 0.3) is 0 Å². The van der Waals surface area contributed by atoms with Crippen LogP contribution in [0.5, 0.6) is 0 Å². The molecular formula is C37H39N3O6. The molecule has 0 unspecified atom stereocenters. The molecule has 0 N–H and O–H groups in total. The van der Waals surface area contributed by atoms with Gasteiger partial charge < -0.3 is 14.2 Å². The number of aromatic nitrogens is 1. The van der Waals surface area contributed by atoms with E-state index in [4.69, 9.17) is 14.2 Å². The van der Waals surface area contributed by atoms with Gasteiger partial charge in [0.2, 0.25) is 0 Å².